The van der Waals surface area contributed by atoms with Gasteiger partial charge in [0.25, 0.3) is 11.6 Å². The zero-order chi connectivity index (χ0) is 22.9. The third-order valence-electron chi connectivity index (χ3n) is 5.43. The standard InChI is InChI=1S/C22H21N3O5S2/c1-16-2-4-17(5-3-16)20-10-15-31-21(20)22(26)23-11-13-24(14-12-23)32(29,30)19-8-6-18(7-9-19)25(27)28/h2-10,15H,11-14H2,1H3. The van der Waals surface area contributed by atoms with Gasteiger partial charge in [0.05, 0.1) is 14.7 Å². The molecule has 3 aromatic rings. The van der Waals surface area contributed by atoms with Gasteiger partial charge >= 0.3 is 0 Å². The highest BCUT2D eigenvalue weighted by atomic mass is 32.2. The molecule has 0 spiro atoms. The average molecular weight is 472 g/mol. The second kappa shape index (κ2) is 8.81. The Bertz CT molecular complexity index is 1240. The molecule has 2 heterocycles. The van der Waals surface area contributed by atoms with Crippen molar-refractivity contribution in [2.45, 2.75) is 11.8 Å². The maximum atomic E-state index is 13.2. The number of nitro groups is 1. The molecule has 1 aromatic heterocycles. The maximum Gasteiger partial charge on any atom is 0.269 e. The molecular formula is C22H21N3O5S2. The van der Waals surface area contributed by atoms with Gasteiger partial charge in [0.15, 0.2) is 0 Å². The molecule has 8 nitrogen and oxygen atoms in total. The molecule has 0 saturated carbocycles. The minimum absolute atomic E-state index is 0.00258. The van der Waals surface area contributed by atoms with E-state index in [2.05, 4.69) is 0 Å². The van der Waals surface area contributed by atoms with Gasteiger partial charge in [-0.15, -0.1) is 11.3 Å². The Kier molecular flexibility index (Phi) is 6.09. The van der Waals surface area contributed by atoms with Crippen molar-refractivity contribution in [3.8, 4) is 11.1 Å². The highest BCUT2D eigenvalue weighted by Gasteiger charge is 2.31. The molecule has 1 aliphatic rings. The lowest BCUT2D eigenvalue weighted by molar-refractivity contribution is -0.384. The normalized spacial score (nSPS) is 15.0. The molecule has 10 heteroatoms. The minimum Gasteiger partial charge on any atom is -0.335 e. The number of nitro benzene ring substituents is 1. The molecule has 1 saturated heterocycles. The number of amides is 1. The minimum atomic E-state index is -3.79. The van der Waals surface area contributed by atoms with Gasteiger partial charge in [-0.1, -0.05) is 29.8 Å². The Morgan fingerprint density at radius 3 is 2.19 bits per heavy atom. The van der Waals surface area contributed by atoms with Crippen molar-refractivity contribution in [1.82, 2.24) is 9.21 Å². The quantitative estimate of drug-likeness (QED) is 0.416. The van der Waals surface area contributed by atoms with Crippen LogP contribution in [-0.4, -0.2) is 54.6 Å². The lowest BCUT2D eigenvalue weighted by Crippen LogP contribution is -2.50. The molecule has 1 fully saturated rings. The molecule has 166 valence electrons. The van der Waals surface area contributed by atoms with Crippen LogP contribution >= 0.6 is 11.3 Å². The second-order valence-electron chi connectivity index (χ2n) is 7.48. The lowest BCUT2D eigenvalue weighted by atomic mass is 10.0. The van der Waals surface area contributed by atoms with Crippen LogP contribution in [0.1, 0.15) is 15.2 Å². The summed E-state index contributed by atoms with van der Waals surface area (Å²) in [6.07, 6.45) is 0. The van der Waals surface area contributed by atoms with E-state index < -0.39 is 14.9 Å². The number of non-ortho nitro benzene ring substituents is 1. The number of aryl methyl sites for hydroxylation is 1. The van der Waals surface area contributed by atoms with Crippen molar-refractivity contribution >= 4 is 33.0 Å². The van der Waals surface area contributed by atoms with Gasteiger partial charge in [-0.05, 0) is 36.1 Å². The van der Waals surface area contributed by atoms with E-state index in [1.54, 1.807) is 4.90 Å². The summed E-state index contributed by atoms with van der Waals surface area (Å²) in [6, 6.07) is 14.7. The topological polar surface area (TPSA) is 101 Å². The predicted molar refractivity (Wildman–Crippen MR) is 122 cm³/mol. The first kappa shape index (κ1) is 22.1. The van der Waals surface area contributed by atoms with Crippen LogP contribution in [0.5, 0.6) is 0 Å². The van der Waals surface area contributed by atoms with Crippen LogP contribution in [0.15, 0.2) is 64.9 Å². The number of hydrogen-bond acceptors (Lipinski definition) is 6. The number of sulfonamides is 1. The fraction of sp³-hybridized carbons (Fsp3) is 0.227. The summed E-state index contributed by atoms with van der Waals surface area (Å²) in [5.41, 5.74) is 2.82. The van der Waals surface area contributed by atoms with Gasteiger partial charge in [0.2, 0.25) is 10.0 Å². The largest absolute Gasteiger partial charge is 0.335 e. The Balaban J connectivity index is 1.46. The number of carbonyl (C=O) groups excluding carboxylic acids is 1. The monoisotopic (exact) mass is 471 g/mol. The molecule has 0 bridgehead atoms. The SMILES string of the molecule is Cc1ccc(-c2ccsc2C(=O)N2CCN(S(=O)(=O)c3ccc([N+](=O)[O-])cc3)CC2)cc1. The summed E-state index contributed by atoms with van der Waals surface area (Å²) in [5, 5.41) is 12.7. The molecule has 0 radical (unpaired) electrons. The smallest absolute Gasteiger partial charge is 0.269 e. The van der Waals surface area contributed by atoms with Gasteiger partial charge < -0.3 is 4.90 Å². The van der Waals surface area contributed by atoms with E-state index in [0.29, 0.717) is 4.88 Å². The summed E-state index contributed by atoms with van der Waals surface area (Å²) < 4.78 is 27.1. The van der Waals surface area contributed by atoms with Crippen LogP contribution in [0, 0.1) is 17.0 Å². The van der Waals surface area contributed by atoms with E-state index in [1.807, 2.05) is 42.6 Å². The molecule has 32 heavy (non-hydrogen) atoms. The second-order valence-corrected chi connectivity index (χ2v) is 10.3. The highest BCUT2D eigenvalue weighted by Crippen LogP contribution is 2.30. The van der Waals surface area contributed by atoms with Crippen molar-refractivity contribution in [3.63, 3.8) is 0 Å². The summed E-state index contributed by atoms with van der Waals surface area (Å²) in [6.45, 7) is 2.88. The van der Waals surface area contributed by atoms with Crippen molar-refractivity contribution < 1.29 is 18.1 Å². The van der Waals surface area contributed by atoms with Crippen LogP contribution < -0.4 is 0 Å². The number of hydrogen-bond donors (Lipinski definition) is 0. The molecular weight excluding hydrogens is 450 g/mol. The number of nitrogens with zero attached hydrogens (tertiary/aromatic N) is 3. The zero-order valence-electron chi connectivity index (χ0n) is 17.3. The number of piperazine rings is 1. The van der Waals surface area contributed by atoms with Crippen molar-refractivity contribution in [3.05, 3.63) is 80.5 Å². The fourth-order valence-electron chi connectivity index (χ4n) is 3.60. The van der Waals surface area contributed by atoms with Gasteiger partial charge in [0.1, 0.15) is 0 Å². The summed E-state index contributed by atoms with van der Waals surface area (Å²) in [7, 11) is -3.79. The van der Waals surface area contributed by atoms with Gasteiger partial charge in [-0.3, -0.25) is 14.9 Å². The summed E-state index contributed by atoms with van der Waals surface area (Å²) in [5.74, 6) is -0.108. The van der Waals surface area contributed by atoms with E-state index >= 15 is 0 Å². The van der Waals surface area contributed by atoms with E-state index in [9.17, 15) is 23.3 Å². The van der Waals surface area contributed by atoms with Crippen molar-refractivity contribution in [2.24, 2.45) is 0 Å². The van der Waals surface area contributed by atoms with Gasteiger partial charge in [0, 0.05) is 43.9 Å². The van der Waals surface area contributed by atoms with Crippen LogP contribution in [0.3, 0.4) is 0 Å². The third-order valence-corrected chi connectivity index (χ3v) is 8.25. The number of benzene rings is 2. The number of rotatable bonds is 5. The molecule has 0 aliphatic carbocycles. The first-order chi connectivity index (χ1) is 15.3. The van der Waals surface area contributed by atoms with Gasteiger partial charge in [-0.25, -0.2) is 8.42 Å². The van der Waals surface area contributed by atoms with Crippen LogP contribution in [0.2, 0.25) is 0 Å². The molecule has 0 N–H and O–H groups in total. The Morgan fingerprint density at radius 2 is 1.59 bits per heavy atom. The summed E-state index contributed by atoms with van der Waals surface area (Å²) in [4.78, 5) is 25.7. The molecule has 1 amide bonds. The van der Waals surface area contributed by atoms with Crippen LogP contribution in [-0.2, 0) is 10.0 Å². The Hall–Kier alpha value is -3.08. The van der Waals surface area contributed by atoms with E-state index in [0.717, 1.165) is 16.7 Å². The Morgan fingerprint density at radius 1 is 0.969 bits per heavy atom. The van der Waals surface area contributed by atoms with E-state index in [-0.39, 0.29) is 42.7 Å². The highest BCUT2D eigenvalue weighted by molar-refractivity contribution is 7.89. The molecule has 0 atom stereocenters. The Labute approximate surface area is 189 Å². The lowest BCUT2D eigenvalue weighted by Gasteiger charge is -2.34. The van der Waals surface area contributed by atoms with E-state index in [4.69, 9.17) is 0 Å². The molecule has 0 unspecified atom stereocenters. The molecule has 2 aromatic carbocycles. The van der Waals surface area contributed by atoms with Crippen molar-refractivity contribution in [2.75, 3.05) is 26.2 Å². The first-order valence-electron chi connectivity index (χ1n) is 9.96. The van der Waals surface area contributed by atoms with Crippen LogP contribution in [0.4, 0.5) is 5.69 Å². The summed E-state index contributed by atoms with van der Waals surface area (Å²) >= 11 is 1.38. The maximum absolute atomic E-state index is 13.2. The van der Waals surface area contributed by atoms with Gasteiger partial charge in [-0.2, -0.15) is 4.31 Å². The van der Waals surface area contributed by atoms with E-state index in [1.165, 1.54) is 39.9 Å². The average Bonchev–Trinajstić information content (AvgIpc) is 3.29. The number of carbonyl (C=O) groups is 1. The fourth-order valence-corrected chi connectivity index (χ4v) is 5.90. The zero-order valence-corrected chi connectivity index (χ0v) is 18.9. The third kappa shape index (κ3) is 4.29. The first-order valence-corrected chi connectivity index (χ1v) is 12.3. The predicted octanol–water partition coefficient (Wildman–Crippen LogP) is 3.78. The van der Waals surface area contributed by atoms with Crippen LogP contribution in [0.25, 0.3) is 11.1 Å². The van der Waals surface area contributed by atoms with Crippen molar-refractivity contribution in [1.29, 1.82) is 0 Å². The molecule has 4 rings (SSSR count). The number of thiophene rings is 1. The molecule has 1 aliphatic heterocycles.